The summed E-state index contributed by atoms with van der Waals surface area (Å²) >= 11 is 1.45. The summed E-state index contributed by atoms with van der Waals surface area (Å²) in [6.45, 7) is 1.77. The molecule has 7 nitrogen and oxygen atoms in total. The number of carbonyl (C=O) groups excluding carboxylic acids is 2. The first kappa shape index (κ1) is 20.3. The highest BCUT2D eigenvalue weighted by molar-refractivity contribution is 7.13. The van der Waals surface area contributed by atoms with E-state index in [1.54, 1.807) is 39.3 Å². The minimum atomic E-state index is -0.495. The molecule has 0 fully saturated rings. The first-order valence-corrected chi connectivity index (χ1v) is 9.66. The highest BCUT2D eigenvalue weighted by atomic mass is 32.1. The van der Waals surface area contributed by atoms with Crippen LogP contribution in [0, 0.1) is 6.92 Å². The molecular formula is C21H21N3O4S. The Morgan fingerprint density at radius 1 is 1.10 bits per heavy atom. The first-order valence-electron chi connectivity index (χ1n) is 8.78. The molecule has 0 aliphatic heterocycles. The summed E-state index contributed by atoms with van der Waals surface area (Å²) in [5.41, 5.74) is 8.60. The Balaban J connectivity index is 1.69. The molecule has 0 aliphatic rings. The number of amides is 2. The average molecular weight is 411 g/mol. The third-order valence-electron chi connectivity index (χ3n) is 4.30. The zero-order valence-corrected chi connectivity index (χ0v) is 17.1. The third kappa shape index (κ3) is 4.72. The molecule has 0 aliphatic carbocycles. The van der Waals surface area contributed by atoms with E-state index in [0.29, 0.717) is 34.0 Å². The van der Waals surface area contributed by atoms with Gasteiger partial charge in [-0.15, -0.1) is 11.3 Å². The van der Waals surface area contributed by atoms with E-state index >= 15 is 0 Å². The largest absolute Gasteiger partial charge is 0.493 e. The van der Waals surface area contributed by atoms with Crippen LogP contribution >= 0.6 is 11.3 Å². The molecule has 8 heteroatoms. The van der Waals surface area contributed by atoms with Crippen molar-refractivity contribution in [2.24, 2.45) is 5.73 Å². The summed E-state index contributed by atoms with van der Waals surface area (Å²) in [4.78, 5) is 28.2. The average Bonchev–Trinajstić information content (AvgIpc) is 3.15. The maximum Gasteiger partial charge on any atom is 0.248 e. The fraction of sp³-hybridized carbons (Fsp3) is 0.190. The molecule has 3 rings (SSSR count). The number of thiazole rings is 1. The van der Waals surface area contributed by atoms with Crippen molar-refractivity contribution >= 4 is 28.8 Å². The maximum absolute atomic E-state index is 12.4. The Morgan fingerprint density at radius 2 is 1.86 bits per heavy atom. The van der Waals surface area contributed by atoms with Gasteiger partial charge in [-0.05, 0) is 48.9 Å². The van der Waals surface area contributed by atoms with Gasteiger partial charge in [0.15, 0.2) is 11.5 Å². The van der Waals surface area contributed by atoms with Crippen molar-refractivity contribution in [2.45, 2.75) is 13.3 Å². The van der Waals surface area contributed by atoms with Crippen LogP contribution in [0.2, 0.25) is 0 Å². The molecule has 0 bridgehead atoms. The predicted octanol–water partition coefficient (Wildman–Crippen LogP) is 3.42. The molecule has 2 amide bonds. The van der Waals surface area contributed by atoms with Gasteiger partial charge < -0.3 is 20.5 Å². The number of hydrogen-bond donors (Lipinski definition) is 2. The van der Waals surface area contributed by atoms with E-state index in [2.05, 4.69) is 10.3 Å². The SMILES string of the molecule is COc1ccc(-c2nc(CC(=O)Nc3ccc(C(N)=O)c(C)c3)cs2)cc1OC. The minimum Gasteiger partial charge on any atom is -0.493 e. The smallest absolute Gasteiger partial charge is 0.248 e. The number of primary amides is 1. The lowest BCUT2D eigenvalue weighted by molar-refractivity contribution is -0.115. The Hall–Kier alpha value is -3.39. The minimum absolute atomic E-state index is 0.139. The van der Waals surface area contributed by atoms with E-state index in [-0.39, 0.29) is 12.3 Å². The summed E-state index contributed by atoms with van der Waals surface area (Å²) in [6, 6.07) is 10.5. The van der Waals surface area contributed by atoms with Gasteiger partial charge in [0.2, 0.25) is 11.8 Å². The van der Waals surface area contributed by atoms with Gasteiger partial charge in [0.1, 0.15) is 5.01 Å². The highest BCUT2D eigenvalue weighted by Crippen LogP contribution is 2.33. The van der Waals surface area contributed by atoms with E-state index < -0.39 is 5.91 Å². The number of aromatic nitrogens is 1. The molecule has 29 heavy (non-hydrogen) atoms. The van der Waals surface area contributed by atoms with Crippen molar-refractivity contribution in [3.8, 4) is 22.1 Å². The van der Waals surface area contributed by atoms with Crippen molar-refractivity contribution < 1.29 is 19.1 Å². The van der Waals surface area contributed by atoms with Gasteiger partial charge in [-0.25, -0.2) is 4.98 Å². The van der Waals surface area contributed by atoms with Crippen molar-refractivity contribution in [3.05, 3.63) is 58.6 Å². The van der Waals surface area contributed by atoms with Crippen molar-refractivity contribution in [3.63, 3.8) is 0 Å². The molecule has 0 spiro atoms. The number of nitrogens with one attached hydrogen (secondary N) is 1. The molecule has 2 aromatic carbocycles. The molecule has 0 radical (unpaired) electrons. The van der Waals surface area contributed by atoms with Crippen molar-refractivity contribution in [1.29, 1.82) is 0 Å². The van der Waals surface area contributed by atoms with E-state index in [1.165, 1.54) is 11.3 Å². The third-order valence-corrected chi connectivity index (χ3v) is 5.24. The van der Waals surface area contributed by atoms with E-state index in [9.17, 15) is 9.59 Å². The normalized spacial score (nSPS) is 10.4. The van der Waals surface area contributed by atoms with Gasteiger partial charge in [0.05, 0.1) is 26.3 Å². The Morgan fingerprint density at radius 3 is 2.52 bits per heavy atom. The topological polar surface area (TPSA) is 104 Å². The fourth-order valence-electron chi connectivity index (χ4n) is 2.88. The lowest BCUT2D eigenvalue weighted by Crippen LogP contribution is -2.16. The van der Waals surface area contributed by atoms with Gasteiger partial charge >= 0.3 is 0 Å². The van der Waals surface area contributed by atoms with Crippen LogP contribution in [-0.2, 0) is 11.2 Å². The standard InChI is InChI=1S/C21H21N3O4S/c1-12-8-14(5-6-16(12)20(22)26)23-19(25)10-15-11-29-21(24-15)13-4-7-17(27-2)18(9-13)28-3/h4-9,11H,10H2,1-3H3,(H2,22,26)(H,23,25). The number of rotatable bonds is 7. The number of hydrogen-bond acceptors (Lipinski definition) is 6. The molecule has 1 aromatic heterocycles. The Labute approximate surface area is 172 Å². The van der Waals surface area contributed by atoms with E-state index in [0.717, 1.165) is 10.6 Å². The van der Waals surface area contributed by atoms with Crippen LogP contribution in [0.3, 0.4) is 0 Å². The van der Waals surface area contributed by atoms with Crippen LogP contribution in [0.4, 0.5) is 5.69 Å². The van der Waals surface area contributed by atoms with E-state index in [1.807, 2.05) is 23.6 Å². The second kappa shape index (κ2) is 8.74. The fourth-order valence-corrected chi connectivity index (χ4v) is 3.69. The maximum atomic E-state index is 12.4. The van der Waals surface area contributed by atoms with E-state index in [4.69, 9.17) is 15.2 Å². The van der Waals surface area contributed by atoms with Crippen LogP contribution < -0.4 is 20.5 Å². The summed E-state index contributed by atoms with van der Waals surface area (Å²) < 4.78 is 10.6. The predicted molar refractivity (Wildman–Crippen MR) is 113 cm³/mol. The van der Waals surface area contributed by atoms with Crippen LogP contribution in [0.25, 0.3) is 10.6 Å². The Kier molecular flexibility index (Phi) is 6.13. The van der Waals surface area contributed by atoms with Crippen LogP contribution in [0.1, 0.15) is 21.6 Å². The number of nitrogens with zero attached hydrogens (tertiary/aromatic N) is 1. The van der Waals surface area contributed by atoms with Gasteiger partial charge in [-0.3, -0.25) is 9.59 Å². The van der Waals surface area contributed by atoms with Crippen LogP contribution in [-0.4, -0.2) is 31.0 Å². The molecule has 3 aromatic rings. The first-order chi connectivity index (χ1) is 13.9. The molecule has 0 atom stereocenters. The molecule has 3 N–H and O–H groups in total. The Bertz CT molecular complexity index is 1060. The van der Waals surface area contributed by atoms with Crippen LogP contribution in [0.15, 0.2) is 41.8 Å². The van der Waals surface area contributed by atoms with Gasteiger partial charge in [-0.1, -0.05) is 0 Å². The number of benzene rings is 2. The summed E-state index contributed by atoms with van der Waals surface area (Å²) in [6.07, 6.45) is 0.139. The molecule has 0 saturated carbocycles. The number of anilines is 1. The summed E-state index contributed by atoms with van der Waals surface area (Å²) in [5, 5.41) is 5.46. The number of methoxy groups -OCH3 is 2. The van der Waals surface area contributed by atoms with Crippen molar-refractivity contribution in [2.75, 3.05) is 19.5 Å². The molecule has 0 unspecified atom stereocenters. The highest BCUT2D eigenvalue weighted by Gasteiger charge is 2.13. The second-order valence-corrected chi connectivity index (χ2v) is 7.19. The lowest BCUT2D eigenvalue weighted by atomic mass is 10.1. The van der Waals surface area contributed by atoms with Gasteiger partial charge in [-0.2, -0.15) is 0 Å². The quantitative estimate of drug-likeness (QED) is 0.620. The summed E-state index contributed by atoms with van der Waals surface area (Å²) in [7, 11) is 3.16. The van der Waals surface area contributed by atoms with Crippen LogP contribution in [0.5, 0.6) is 11.5 Å². The zero-order chi connectivity index (χ0) is 21.0. The number of ether oxygens (including phenoxy) is 2. The van der Waals surface area contributed by atoms with Gasteiger partial charge in [0, 0.05) is 22.2 Å². The number of aryl methyl sites for hydroxylation is 1. The monoisotopic (exact) mass is 411 g/mol. The van der Waals surface area contributed by atoms with Gasteiger partial charge in [0.25, 0.3) is 0 Å². The molecule has 150 valence electrons. The van der Waals surface area contributed by atoms with Crippen molar-refractivity contribution in [1.82, 2.24) is 4.98 Å². The zero-order valence-electron chi connectivity index (χ0n) is 16.3. The number of carbonyl (C=O) groups is 2. The number of nitrogens with two attached hydrogens (primary N) is 1. The second-order valence-electron chi connectivity index (χ2n) is 6.33. The molecule has 1 heterocycles. The lowest BCUT2D eigenvalue weighted by Gasteiger charge is -2.08. The summed E-state index contributed by atoms with van der Waals surface area (Å²) in [5.74, 6) is 0.574. The molecular weight excluding hydrogens is 390 g/mol. The molecule has 0 saturated heterocycles.